The summed E-state index contributed by atoms with van der Waals surface area (Å²) >= 11 is 0. The number of carbonyl (C=O) groups excluding carboxylic acids is 2. The number of amides is 2. The average Bonchev–Trinajstić information content (AvgIpc) is 2.73. The van der Waals surface area contributed by atoms with Crippen molar-refractivity contribution in [1.82, 2.24) is 9.80 Å². The summed E-state index contributed by atoms with van der Waals surface area (Å²) in [6, 6.07) is 7.08. The maximum atomic E-state index is 12.7. The van der Waals surface area contributed by atoms with Gasteiger partial charge in [-0.05, 0) is 36.5 Å². The first-order chi connectivity index (χ1) is 13.1. The highest BCUT2D eigenvalue weighted by molar-refractivity contribution is 5.83. The molecule has 3 rings (SSSR count). The van der Waals surface area contributed by atoms with Gasteiger partial charge in [-0.25, -0.2) is 0 Å². The number of nitrogens with zero attached hydrogens (tertiary/aromatic N) is 2. The van der Waals surface area contributed by atoms with E-state index in [1.807, 2.05) is 29.2 Å². The van der Waals surface area contributed by atoms with E-state index in [4.69, 9.17) is 15.2 Å². The molecule has 7 nitrogen and oxygen atoms in total. The molecule has 27 heavy (non-hydrogen) atoms. The van der Waals surface area contributed by atoms with E-state index in [0.717, 1.165) is 24.2 Å². The van der Waals surface area contributed by atoms with Gasteiger partial charge in [0.25, 0.3) is 0 Å². The van der Waals surface area contributed by atoms with E-state index in [1.54, 1.807) is 12.0 Å². The standard InChI is InChI=1S/C20H29N3O4/c1-26-17-4-2-3-15(13-17)14-18(24)22-7-9-23(10-8-22)20(25)19(21)16-5-11-27-12-6-16/h2-4,13,16,19H,5-12,14,21H2,1H3. The number of benzene rings is 1. The van der Waals surface area contributed by atoms with Gasteiger partial charge >= 0.3 is 0 Å². The van der Waals surface area contributed by atoms with Gasteiger partial charge in [0.2, 0.25) is 11.8 Å². The Kier molecular flexibility index (Phi) is 6.68. The molecule has 2 amide bonds. The number of nitrogens with two attached hydrogens (primary N) is 1. The fourth-order valence-electron chi connectivity index (χ4n) is 3.73. The van der Waals surface area contributed by atoms with Crippen LogP contribution in [0.3, 0.4) is 0 Å². The Balaban J connectivity index is 1.48. The number of rotatable bonds is 5. The van der Waals surface area contributed by atoms with Crippen LogP contribution in [-0.4, -0.2) is 74.2 Å². The van der Waals surface area contributed by atoms with Crippen LogP contribution in [0, 0.1) is 5.92 Å². The molecule has 1 atom stereocenters. The van der Waals surface area contributed by atoms with Gasteiger partial charge < -0.3 is 25.0 Å². The maximum absolute atomic E-state index is 12.7. The Morgan fingerprint density at radius 3 is 2.52 bits per heavy atom. The molecule has 0 bridgehead atoms. The number of ether oxygens (including phenoxy) is 2. The molecule has 2 aliphatic heterocycles. The highest BCUT2D eigenvalue weighted by atomic mass is 16.5. The summed E-state index contributed by atoms with van der Waals surface area (Å²) in [5, 5.41) is 0. The van der Waals surface area contributed by atoms with Gasteiger partial charge in [0.1, 0.15) is 5.75 Å². The van der Waals surface area contributed by atoms with E-state index < -0.39 is 6.04 Å². The molecule has 148 valence electrons. The predicted octanol–water partition coefficient (Wildman–Crippen LogP) is 0.662. The molecule has 0 spiro atoms. The van der Waals surface area contributed by atoms with Crippen molar-refractivity contribution in [2.24, 2.45) is 11.7 Å². The normalized spacial score (nSPS) is 19.6. The molecular weight excluding hydrogens is 346 g/mol. The van der Waals surface area contributed by atoms with E-state index in [2.05, 4.69) is 0 Å². The Labute approximate surface area is 160 Å². The molecule has 2 heterocycles. The lowest BCUT2D eigenvalue weighted by atomic mass is 9.91. The third kappa shape index (κ3) is 4.99. The lowest BCUT2D eigenvalue weighted by molar-refractivity contribution is -0.141. The lowest BCUT2D eigenvalue weighted by Gasteiger charge is -2.37. The predicted molar refractivity (Wildman–Crippen MR) is 101 cm³/mol. The molecule has 0 saturated carbocycles. The van der Waals surface area contributed by atoms with Crippen LogP contribution in [0.15, 0.2) is 24.3 Å². The smallest absolute Gasteiger partial charge is 0.239 e. The first-order valence-corrected chi connectivity index (χ1v) is 9.61. The fraction of sp³-hybridized carbons (Fsp3) is 0.600. The third-order valence-electron chi connectivity index (χ3n) is 5.49. The van der Waals surface area contributed by atoms with Crippen molar-refractivity contribution in [1.29, 1.82) is 0 Å². The van der Waals surface area contributed by atoms with Crippen LogP contribution in [0.2, 0.25) is 0 Å². The van der Waals surface area contributed by atoms with Crippen molar-refractivity contribution in [3.63, 3.8) is 0 Å². The minimum atomic E-state index is -0.465. The van der Waals surface area contributed by atoms with Crippen LogP contribution in [0.25, 0.3) is 0 Å². The zero-order valence-corrected chi connectivity index (χ0v) is 15.9. The minimum absolute atomic E-state index is 0.00166. The number of methoxy groups -OCH3 is 1. The summed E-state index contributed by atoms with van der Waals surface area (Å²) in [4.78, 5) is 28.9. The molecule has 1 unspecified atom stereocenters. The summed E-state index contributed by atoms with van der Waals surface area (Å²) in [6.45, 7) is 3.54. The summed E-state index contributed by atoms with van der Waals surface area (Å²) in [5.41, 5.74) is 7.14. The Bertz CT molecular complexity index is 652. The van der Waals surface area contributed by atoms with E-state index in [-0.39, 0.29) is 17.7 Å². The van der Waals surface area contributed by atoms with Gasteiger partial charge in [-0.15, -0.1) is 0 Å². The van der Waals surface area contributed by atoms with Crippen LogP contribution in [0.1, 0.15) is 18.4 Å². The fourth-order valence-corrected chi connectivity index (χ4v) is 3.73. The second kappa shape index (κ2) is 9.19. The van der Waals surface area contributed by atoms with Crippen molar-refractivity contribution in [2.75, 3.05) is 46.5 Å². The minimum Gasteiger partial charge on any atom is -0.497 e. The molecule has 1 aromatic carbocycles. The second-order valence-electron chi connectivity index (χ2n) is 7.21. The SMILES string of the molecule is COc1cccc(CC(=O)N2CCN(C(=O)C(N)C3CCOCC3)CC2)c1. The molecule has 2 N–H and O–H groups in total. The molecule has 2 saturated heterocycles. The van der Waals surface area contributed by atoms with E-state index in [0.29, 0.717) is 45.8 Å². The molecule has 1 aromatic rings. The number of hydrogen-bond acceptors (Lipinski definition) is 5. The molecule has 0 aliphatic carbocycles. The summed E-state index contributed by atoms with van der Waals surface area (Å²) in [7, 11) is 1.61. The third-order valence-corrected chi connectivity index (χ3v) is 5.49. The van der Waals surface area contributed by atoms with Gasteiger partial charge in [-0.1, -0.05) is 12.1 Å². The Hall–Kier alpha value is -2.12. The lowest BCUT2D eigenvalue weighted by Crippen LogP contribution is -2.56. The van der Waals surface area contributed by atoms with Gasteiger partial charge in [-0.3, -0.25) is 9.59 Å². The van der Waals surface area contributed by atoms with E-state index >= 15 is 0 Å². The van der Waals surface area contributed by atoms with Gasteiger partial charge in [0.15, 0.2) is 0 Å². The highest BCUT2D eigenvalue weighted by Crippen LogP contribution is 2.20. The maximum Gasteiger partial charge on any atom is 0.239 e. The summed E-state index contributed by atoms with van der Waals surface area (Å²) < 4.78 is 10.6. The van der Waals surface area contributed by atoms with Crippen molar-refractivity contribution in [3.8, 4) is 5.75 Å². The first-order valence-electron chi connectivity index (χ1n) is 9.61. The van der Waals surface area contributed by atoms with Crippen molar-refractivity contribution >= 4 is 11.8 Å². The van der Waals surface area contributed by atoms with E-state index in [1.165, 1.54) is 0 Å². The van der Waals surface area contributed by atoms with Crippen LogP contribution in [0.5, 0.6) is 5.75 Å². The van der Waals surface area contributed by atoms with Crippen LogP contribution >= 0.6 is 0 Å². The quantitative estimate of drug-likeness (QED) is 0.817. The van der Waals surface area contributed by atoms with Crippen LogP contribution < -0.4 is 10.5 Å². The van der Waals surface area contributed by atoms with Crippen molar-refractivity contribution < 1.29 is 19.1 Å². The average molecular weight is 375 g/mol. The molecule has 7 heteroatoms. The van der Waals surface area contributed by atoms with Crippen LogP contribution in [0.4, 0.5) is 0 Å². The molecule has 0 radical (unpaired) electrons. The van der Waals surface area contributed by atoms with Gasteiger partial charge in [0.05, 0.1) is 19.6 Å². The molecule has 0 aromatic heterocycles. The Morgan fingerprint density at radius 1 is 1.19 bits per heavy atom. The molecule has 2 fully saturated rings. The van der Waals surface area contributed by atoms with Gasteiger partial charge in [0, 0.05) is 39.4 Å². The number of carbonyl (C=O) groups is 2. The summed E-state index contributed by atoms with van der Waals surface area (Å²) in [5.74, 6) is 1.02. The second-order valence-corrected chi connectivity index (χ2v) is 7.21. The van der Waals surface area contributed by atoms with Crippen molar-refractivity contribution in [2.45, 2.75) is 25.3 Å². The molecular formula is C20H29N3O4. The van der Waals surface area contributed by atoms with E-state index in [9.17, 15) is 9.59 Å². The largest absolute Gasteiger partial charge is 0.497 e. The summed E-state index contributed by atoms with van der Waals surface area (Å²) in [6.07, 6.45) is 2.02. The number of piperazine rings is 1. The zero-order chi connectivity index (χ0) is 19.2. The number of hydrogen-bond donors (Lipinski definition) is 1. The van der Waals surface area contributed by atoms with Crippen LogP contribution in [-0.2, 0) is 20.7 Å². The van der Waals surface area contributed by atoms with Gasteiger partial charge in [-0.2, -0.15) is 0 Å². The Morgan fingerprint density at radius 2 is 1.85 bits per heavy atom. The van der Waals surface area contributed by atoms with Crippen molar-refractivity contribution in [3.05, 3.63) is 29.8 Å². The highest BCUT2D eigenvalue weighted by Gasteiger charge is 2.32. The zero-order valence-electron chi connectivity index (χ0n) is 15.9. The topological polar surface area (TPSA) is 85.1 Å². The first kappa shape index (κ1) is 19.6. The molecule has 2 aliphatic rings. The monoisotopic (exact) mass is 375 g/mol.